The van der Waals surface area contributed by atoms with Crippen molar-refractivity contribution in [3.8, 4) is 0 Å². The van der Waals surface area contributed by atoms with Gasteiger partial charge in [0.2, 0.25) is 0 Å². The Morgan fingerprint density at radius 2 is 2.09 bits per heavy atom. The van der Waals surface area contributed by atoms with E-state index in [4.69, 9.17) is 4.74 Å². The zero-order valence-corrected chi connectivity index (χ0v) is 14.6. The van der Waals surface area contributed by atoms with Gasteiger partial charge in [0.1, 0.15) is 0 Å². The predicted molar refractivity (Wildman–Crippen MR) is 96.1 cm³/mol. The van der Waals surface area contributed by atoms with Crippen LogP contribution in [0.15, 0.2) is 35.3 Å². The van der Waals surface area contributed by atoms with Crippen LogP contribution in [-0.2, 0) is 4.74 Å². The summed E-state index contributed by atoms with van der Waals surface area (Å²) in [6.45, 7) is 3.77. The van der Waals surface area contributed by atoms with Gasteiger partial charge < -0.3 is 20.3 Å². The summed E-state index contributed by atoms with van der Waals surface area (Å²) in [5.41, 5.74) is 1.42. The largest absolute Gasteiger partial charge is 0.385 e. The molecular weight excluding hydrogens is 288 g/mol. The van der Waals surface area contributed by atoms with Crippen LogP contribution >= 0.6 is 0 Å². The van der Waals surface area contributed by atoms with Gasteiger partial charge in [0.15, 0.2) is 5.96 Å². The van der Waals surface area contributed by atoms with Gasteiger partial charge in [-0.25, -0.2) is 0 Å². The van der Waals surface area contributed by atoms with E-state index in [1.54, 1.807) is 7.11 Å². The van der Waals surface area contributed by atoms with Crippen molar-refractivity contribution in [1.29, 1.82) is 0 Å². The lowest BCUT2D eigenvalue weighted by Gasteiger charge is -2.18. The van der Waals surface area contributed by atoms with Crippen molar-refractivity contribution in [1.82, 2.24) is 15.5 Å². The van der Waals surface area contributed by atoms with Gasteiger partial charge in [-0.15, -0.1) is 0 Å². The summed E-state index contributed by atoms with van der Waals surface area (Å²) in [6.07, 6.45) is 2.25. The SMILES string of the molecule is CN=C(NCCN(C)CCCOC)NC1CC1c1ccccc1. The number of hydrogen-bond donors (Lipinski definition) is 2. The number of ether oxygens (including phenoxy) is 1. The molecule has 128 valence electrons. The van der Waals surface area contributed by atoms with Crippen LogP contribution in [0.5, 0.6) is 0 Å². The van der Waals surface area contributed by atoms with Gasteiger partial charge in [-0.1, -0.05) is 30.3 Å². The maximum atomic E-state index is 5.08. The molecule has 1 aromatic carbocycles. The van der Waals surface area contributed by atoms with Crippen LogP contribution in [0.2, 0.25) is 0 Å². The first-order chi connectivity index (χ1) is 11.2. The number of nitrogens with one attached hydrogen (secondary N) is 2. The third-order valence-electron chi connectivity index (χ3n) is 4.24. The number of guanidine groups is 1. The summed E-state index contributed by atoms with van der Waals surface area (Å²) in [4.78, 5) is 6.63. The molecule has 0 aromatic heterocycles. The van der Waals surface area contributed by atoms with Crippen molar-refractivity contribution in [2.24, 2.45) is 4.99 Å². The summed E-state index contributed by atoms with van der Waals surface area (Å²) >= 11 is 0. The van der Waals surface area contributed by atoms with Gasteiger partial charge in [-0.05, 0) is 25.5 Å². The lowest BCUT2D eigenvalue weighted by Crippen LogP contribution is -2.42. The summed E-state index contributed by atoms with van der Waals surface area (Å²) in [7, 11) is 5.72. The second-order valence-corrected chi connectivity index (χ2v) is 6.15. The lowest BCUT2D eigenvalue weighted by atomic mass is 10.1. The third kappa shape index (κ3) is 6.20. The van der Waals surface area contributed by atoms with Crippen LogP contribution in [0.1, 0.15) is 24.3 Å². The Morgan fingerprint density at radius 3 is 2.78 bits per heavy atom. The molecule has 1 fully saturated rings. The molecule has 1 aliphatic rings. The summed E-state index contributed by atoms with van der Waals surface area (Å²) in [5.74, 6) is 1.52. The van der Waals surface area contributed by atoms with E-state index in [0.717, 1.165) is 38.6 Å². The molecule has 0 heterocycles. The van der Waals surface area contributed by atoms with E-state index >= 15 is 0 Å². The molecule has 2 N–H and O–H groups in total. The van der Waals surface area contributed by atoms with E-state index in [1.807, 2.05) is 7.05 Å². The number of nitrogens with zero attached hydrogens (tertiary/aromatic N) is 2. The second-order valence-electron chi connectivity index (χ2n) is 6.15. The number of likely N-dealkylation sites (N-methyl/N-ethyl adjacent to an activating group) is 1. The molecule has 0 amide bonds. The minimum atomic E-state index is 0.503. The van der Waals surface area contributed by atoms with E-state index in [2.05, 4.69) is 57.9 Å². The van der Waals surface area contributed by atoms with E-state index in [1.165, 1.54) is 12.0 Å². The van der Waals surface area contributed by atoms with Crippen molar-refractivity contribution < 1.29 is 4.74 Å². The first kappa shape index (κ1) is 17.8. The van der Waals surface area contributed by atoms with Crippen LogP contribution < -0.4 is 10.6 Å². The second kappa shape index (κ2) is 9.53. The minimum absolute atomic E-state index is 0.503. The number of aliphatic imine (C=N–C) groups is 1. The Hall–Kier alpha value is -1.59. The number of methoxy groups -OCH3 is 1. The highest BCUT2D eigenvalue weighted by atomic mass is 16.5. The highest BCUT2D eigenvalue weighted by Crippen LogP contribution is 2.40. The van der Waals surface area contributed by atoms with Crippen LogP contribution in [0.4, 0.5) is 0 Å². The Bertz CT molecular complexity index is 477. The van der Waals surface area contributed by atoms with Gasteiger partial charge in [0, 0.05) is 52.4 Å². The van der Waals surface area contributed by atoms with Gasteiger partial charge >= 0.3 is 0 Å². The zero-order valence-electron chi connectivity index (χ0n) is 14.6. The molecule has 23 heavy (non-hydrogen) atoms. The fraction of sp³-hybridized carbons (Fsp3) is 0.611. The predicted octanol–water partition coefficient (Wildman–Crippen LogP) is 1.68. The Kier molecular flexibility index (Phi) is 7.36. The van der Waals surface area contributed by atoms with Crippen molar-refractivity contribution in [2.75, 3.05) is 47.4 Å². The molecule has 0 aliphatic heterocycles. The van der Waals surface area contributed by atoms with Gasteiger partial charge in [0.05, 0.1) is 0 Å². The minimum Gasteiger partial charge on any atom is -0.385 e. The Labute approximate surface area is 140 Å². The van der Waals surface area contributed by atoms with E-state index in [-0.39, 0.29) is 0 Å². The first-order valence-electron chi connectivity index (χ1n) is 8.44. The van der Waals surface area contributed by atoms with Crippen LogP contribution in [-0.4, -0.2) is 64.3 Å². The summed E-state index contributed by atoms with van der Waals surface area (Å²) < 4.78 is 5.08. The van der Waals surface area contributed by atoms with Crippen LogP contribution in [0, 0.1) is 0 Å². The number of rotatable bonds is 9. The zero-order chi connectivity index (χ0) is 16.5. The normalized spacial score (nSPS) is 20.6. The highest BCUT2D eigenvalue weighted by Gasteiger charge is 2.38. The third-order valence-corrected chi connectivity index (χ3v) is 4.24. The molecule has 1 saturated carbocycles. The van der Waals surface area contributed by atoms with Crippen molar-refractivity contribution in [2.45, 2.75) is 24.8 Å². The molecule has 5 heteroatoms. The lowest BCUT2D eigenvalue weighted by molar-refractivity contribution is 0.180. The van der Waals surface area contributed by atoms with Gasteiger partial charge in [0.25, 0.3) is 0 Å². The average Bonchev–Trinajstić information content (AvgIpc) is 3.34. The average molecular weight is 318 g/mol. The van der Waals surface area contributed by atoms with Crippen molar-refractivity contribution >= 4 is 5.96 Å². The number of hydrogen-bond acceptors (Lipinski definition) is 3. The molecule has 1 aromatic rings. The van der Waals surface area contributed by atoms with Crippen molar-refractivity contribution in [3.63, 3.8) is 0 Å². The molecule has 2 unspecified atom stereocenters. The van der Waals surface area contributed by atoms with Crippen molar-refractivity contribution in [3.05, 3.63) is 35.9 Å². The molecule has 1 aliphatic carbocycles. The Morgan fingerprint density at radius 1 is 1.30 bits per heavy atom. The Balaban J connectivity index is 1.63. The first-order valence-corrected chi connectivity index (χ1v) is 8.44. The fourth-order valence-corrected chi connectivity index (χ4v) is 2.75. The smallest absolute Gasteiger partial charge is 0.191 e. The van der Waals surface area contributed by atoms with E-state index in [9.17, 15) is 0 Å². The molecule has 0 bridgehead atoms. The van der Waals surface area contributed by atoms with E-state index in [0.29, 0.717) is 12.0 Å². The maximum absolute atomic E-state index is 5.08. The molecule has 0 saturated heterocycles. The number of benzene rings is 1. The molecular formula is C18H30N4O. The standard InChI is InChI=1S/C18H30N4O/c1-19-18(20-10-12-22(2)11-7-13-23-3)21-17-14-16(17)15-8-5-4-6-9-15/h4-6,8-9,16-17H,7,10-14H2,1-3H3,(H2,19,20,21). The molecule has 2 rings (SSSR count). The van der Waals surface area contributed by atoms with E-state index < -0.39 is 0 Å². The topological polar surface area (TPSA) is 48.9 Å². The summed E-state index contributed by atoms with van der Waals surface area (Å²) in [5, 5.41) is 6.92. The molecule has 2 atom stereocenters. The molecule has 0 radical (unpaired) electrons. The quantitative estimate of drug-likeness (QED) is 0.413. The maximum Gasteiger partial charge on any atom is 0.191 e. The van der Waals surface area contributed by atoms with Gasteiger partial charge in [-0.2, -0.15) is 0 Å². The fourth-order valence-electron chi connectivity index (χ4n) is 2.75. The monoisotopic (exact) mass is 318 g/mol. The summed E-state index contributed by atoms with van der Waals surface area (Å²) in [6, 6.07) is 11.2. The highest BCUT2D eigenvalue weighted by molar-refractivity contribution is 5.80. The molecule has 0 spiro atoms. The van der Waals surface area contributed by atoms with Crippen LogP contribution in [0.3, 0.4) is 0 Å². The van der Waals surface area contributed by atoms with Gasteiger partial charge in [-0.3, -0.25) is 4.99 Å². The van der Waals surface area contributed by atoms with Crippen LogP contribution in [0.25, 0.3) is 0 Å². The molecule has 5 nitrogen and oxygen atoms in total.